The number of benzene rings is 2. The third-order valence-corrected chi connectivity index (χ3v) is 4.21. The molecule has 1 heterocycles. The molecular weight excluding hydrogens is 322 g/mol. The second-order valence-corrected chi connectivity index (χ2v) is 5.93. The molecule has 0 unspecified atom stereocenters. The Hall–Kier alpha value is -2.91. The summed E-state index contributed by atoms with van der Waals surface area (Å²) >= 11 is 1.29. The van der Waals surface area contributed by atoms with Crippen LogP contribution in [0.25, 0.3) is 17.1 Å². The van der Waals surface area contributed by atoms with Crippen LogP contribution in [0.1, 0.15) is 5.56 Å². The number of allylic oxidation sites excluding steroid dienone is 1. The number of ether oxygens (including phenoxy) is 2. The van der Waals surface area contributed by atoms with Gasteiger partial charge in [0.05, 0.1) is 30.2 Å². The molecule has 0 spiro atoms. The first-order valence-corrected chi connectivity index (χ1v) is 8.01. The number of para-hydroxylation sites is 2. The van der Waals surface area contributed by atoms with E-state index in [9.17, 15) is 5.26 Å². The van der Waals surface area contributed by atoms with Gasteiger partial charge >= 0.3 is 0 Å². The third kappa shape index (κ3) is 3.36. The molecule has 1 aromatic heterocycles. The molecule has 0 saturated heterocycles. The van der Waals surface area contributed by atoms with E-state index in [-0.39, 0.29) is 0 Å². The smallest absolute Gasteiger partial charge is 0.171 e. The van der Waals surface area contributed by atoms with Gasteiger partial charge in [0.25, 0.3) is 0 Å². The Labute approximate surface area is 143 Å². The zero-order chi connectivity index (χ0) is 16.9. The van der Waals surface area contributed by atoms with E-state index in [1.165, 1.54) is 11.8 Å². The number of fused-ring (bicyclic) bond motifs is 1. The monoisotopic (exact) mass is 337 g/mol. The van der Waals surface area contributed by atoms with Crippen LogP contribution < -0.4 is 9.47 Å². The number of nitrogens with zero attached hydrogens (tertiary/aromatic N) is 2. The molecule has 1 N–H and O–H groups in total. The molecule has 5 nitrogen and oxygen atoms in total. The Balaban J connectivity index is 1.88. The summed E-state index contributed by atoms with van der Waals surface area (Å²) in [4.78, 5) is 8.21. The standard InChI is InChI=1S/C18H15N3O2S/c1-22-16-8-7-12(10-17(16)23-2)9-13(11-19)24-18-20-14-5-3-4-6-15(14)21-18/h3-10H,1-2H3,(H,20,21)/b13-9+. The molecule has 0 radical (unpaired) electrons. The number of H-pyrrole nitrogens is 1. The van der Waals surface area contributed by atoms with Crippen molar-refractivity contribution in [2.24, 2.45) is 0 Å². The van der Waals surface area contributed by atoms with Crippen LogP contribution in [0, 0.1) is 11.3 Å². The highest BCUT2D eigenvalue weighted by Crippen LogP contribution is 2.31. The highest BCUT2D eigenvalue weighted by atomic mass is 32.2. The summed E-state index contributed by atoms with van der Waals surface area (Å²) in [5.74, 6) is 1.27. The van der Waals surface area contributed by atoms with Crippen molar-refractivity contribution in [2.45, 2.75) is 5.16 Å². The van der Waals surface area contributed by atoms with E-state index in [0.717, 1.165) is 16.6 Å². The van der Waals surface area contributed by atoms with Crippen molar-refractivity contribution in [3.63, 3.8) is 0 Å². The maximum atomic E-state index is 9.41. The van der Waals surface area contributed by atoms with Crippen LogP contribution in [0.4, 0.5) is 0 Å². The number of nitriles is 1. The number of methoxy groups -OCH3 is 2. The van der Waals surface area contributed by atoms with Crippen molar-refractivity contribution in [1.29, 1.82) is 5.26 Å². The van der Waals surface area contributed by atoms with Crippen molar-refractivity contribution in [3.8, 4) is 17.6 Å². The lowest BCUT2D eigenvalue weighted by molar-refractivity contribution is 0.355. The van der Waals surface area contributed by atoms with E-state index in [1.54, 1.807) is 20.3 Å². The minimum Gasteiger partial charge on any atom is -0.493 e. The number of hydrogen-bond acceptors (Lipinski definition) is 5. The first-order valence-electron chi connectivity index (χ1n) is 7.20. The van der Waals surface area contributed by atoms with Crippen LogP contribution in [0.5, 0.6) is 11.5 Å². The van der Waals surface area contributed by atoms with Crippen LogP contribution in [-0.4, -0.2) is 24.2 Å². The predicted molar refractivity (Wildman–Crippen MR) is 95.1 cm³/mol. The Bertz CT molecular complexity index is 908. The molecule has 0 aliphatic heterocycles. The maximum Gasteiger partial charge on any atom is 0.171 e. The van der Waals surface area contributed by atoms with Gasteiger partial charge in [0, 0.05) is 0 Å². The zero-order valence-electron chi connectivity index (χ0n) is 13.2. The Morgan fingerprint density at radius 2 is 1.96 bits per heavy atom. The molecule has 2 aromatic carbocycles. The Kier molecular flexibility index (Phi) is 4.73. The first kappa shape index (κ1) is 16.0. The summed E-state index contributed by atoms with van der Waals surface area (Å²) in [6, 6.07) is 15.5. The maximum absolute atomic E-state index is 9.41. The molecule has 0 saturated carbocycles. The highest BCUT2D eigenvalue weighted by Gasteiger charge is 2.08. The van der Waals surface area contributed by atoms with E-state index >= 15 is 0 Å². The van der Waals surface area contributed by atoms with Gasteiger partial charge in [-0.25, -0.2) is 4.98 Å². The van der Waals surface area contributed by atoms with E-state index < -0.39 is 0 Å². The quantitative estimate of drug-likeness (QED) is 0.557. The molecule has 3 aromatic rings. The van der Waals surface area contributed by atoms with Gasteiger partial charge in [0.15, 0.2) is 16.7 Å². The zero-order valence-corrected chi connectivity index (χ0v) is 14.1. The molecule has 6 heteroatoms. The molecule has 0 fully saturated rings. The van der Waals surface area contributed by atoms with Crippen molar-refractivity contribution in [3.05, 3.63) is 52.9 Å². The molecule has 0 bridgehead atoms. The number of hydrogen-bond donors (Lipinski definition) is 1. The van der Waals surface area contributed by atoms with Crippen LogP contribution in [0.2, 0.25) is 0 Å². The molecule has 120 valence electrons. The van der Waals surface area contributed by atoms with Crippen molar-refractivity contribution in [2.75, 3.05) is 14.2 Å². The second kappa shape index (κ2) is 7.11. The van der Waals surface area contributed by atoms with Gasteiger partial charge in [-0.2, -0.15) is 5.26 Å². The fourth-order valence-corrected chi connectivity index (χ4v) is 3.01. The molecule has 0 amide bonds. The summed E-state index contributed by atoms with van der Waals surface area (Å²) in [5, 5.41) is 10.1. The SMILES string of the molecule is COc1ccc(/C=C(\C#N)Sc2nc3ccccc3[nH]2)cc1OC. The average molecular weight is 337 g/mol. The van der Waals surface area contributed by atoms with Gasteiger partial charge in [-0.1, -0.05) is 18.2 Å². The fourth-order valence-electron chi connectivity index (χ4n) is 2.26. The van der Waals surface area contributed by atoms with Crippen LogP contribution in [-0.2, 0) is 0 Å². The van der Waals surface area contributed by atoms with E-state index in [2.05, 4.69) is 16.0 Å². The number of aromatic nitrogens is 2. The minimum atomic E-state index is 0.529. The first-order chi connectivity index (χ1) is 11.7. The molecule has 0 aliphatic carbocycles. The lowest BCUT2D eigenvalue weighted by Gasteiger charge is -2.07. The van der Waals surface area contributed by atoms with E-state index in [1.807, 2.05) is 42.5 Å². The molecule has 0 aliphatic rings. The van der Waals surface area contributed by atoms with Crippen LogP contribution in [0.15, 0.2) is 52.5 Å². The van der Waals surface area contributed by atoms with Gasteiger partial charge in [-0.3, -0.25) is 0 Å². The Morgan fingerprint density at radius 1 is 1.17 bits per heavy atom. The van der Waals surface area contributed by atoms with Gasteiger partial charge in [0.2, 0.25) is 0 Å². The van der Waals surface area contributed by atoms with Crippen molar-refractivity contribution >= 4 is 28.9 Å². The van der Waals surface area contributed by atoms with Crippen molar-refractivity contribution in [1.82, 2.24) is 9.97 Å². The molecule has 3 rings (SSSR count). The third-order valence-electron chi connectivity index (χ3n) is 3.39. The largest absolute Gasteiger partial charge is 0.493 e. The van der Waals surface area contributed by atoms with Gasteiger partial charge < -0.3 is 14.5 Å². The molecule has 0 atom stereocenters. The number of rotatable bonds is 5. The lowest BCUT2D eigenvalue weighted by atomic mass is 10.2. The van der Waals surface area contributed by atoms with E-state index in [0.29, 0.717) is 21.6 Å². The van der Waals surface area contributed by atoms with Gasteiger partial charge in [-0.05, 0) is 47.7 Å². The molecule has 24 heavy (non-hydrogen) atoms. The van der Waals surface area contributed by atoms with Crippen LogP contribution >= 0.6 is 11.8 Å². The number of aromatic amines is 1. The number of nitrogens with one attached hydrogen (secondary N) is 1. The second-order valence-electron chi connectivity index (χ2n) is 4.90. The fraction of sp³-hybridized carbons (Fsp3) is 0.111. The summed E-state index contributed by atoms with van der Waals surface area (Å²) in [6.07, 6.45) is 1.79. The summed E-state index contributed by atoms with van der Waals surface area (Å²) in [7, 11) is 3.17. The normalized spacial score (nSPS) is 11.3. The predicted octanol–water partition coefficient (Wildman–Crippen LogP) is 4.24. The molecular formula is C18H15N3O2S. The van der Waals surface area contributed by atoms with Crippen molar-refractivity contribution < 1.29 is 9.47 Å². The van der Waals surface area contributed by atoms with E-state index in [4.69, 9.17) is 9.47 Å². The summed E-state index contributed by atoms with van der Waals surface area (Å²) < 4.78 is 10.5. The van der Waals surface area contributed by atoms with Gasteiger partial charge in [0.1, 0.15) is 6.07 Å². The summed E-state index contributed by atoms with van der Waals surface area (Å²) in [6.45, 7) is 0. The summed E-state index contributed by atoms with van der Waals surface area (Å²) in [5.41, 5.74) is 2.68. The average Bonchev–Trinajstić information content (AvgIpc) is 3.03. The van der Waals surface area contributed by atoms with Gasteiger partial charge in [-0.15, -0.1) is 0 Å². The highest BCUT2D eigenvalue weighted by molar-refractivity contribution is 8.03. The topological polar surface area (TPSA) is 70.9 Å². The lowest BCUT2D eigenvalue weighted by Crippen LogP contribution is -1.90. The Morgan fingerprint density at radius 3 is 2.67 bits per heavy atom. The number of imidazole rings is 1. The van der Waals surface area contributed by atoms with Crippen LogP contribution in [0.3, 0.4) is 0 Å². The minimum absolute atomic E-state index is 0.529. The number of thioether (sulfide) groups is 1.